The number of thioether (sulfide) groups is 1. The van der Waals surface area contributed by atoms with Crippen LogP contribution in [0, 0.1) is 0 Å². The smallest absolute Gasteiger partial charge is 0.233 e. The summed E-state index contributed by atoms with van der Waals surface area (Å²) in [5.74, 6) is 1.09. The molecule has 1 aliphatic carbocycles. The molecule has 0 saturated heterocycles. The lowest BCUT2D eigenvalue weighted by atomic mass is 9.95. The van der Waals surface area contributed by atoms with Crippen LogP contribution in [0.1, 0.15) is 69.8 Å². The third-order valence-electron chi connectivity index (χ3n) is 5.95. The molecule has 2 N–H and O–H groups in total. The molecular formula is C23H36N5OS+. The van der Waals surface area contributed by atoms with Gasteiger partial charge in [-0.3, -0.25) is 9.36 Å². The number of hydrogen-bond donors (Lipinski definition) is 2. The van der Waals surface area contributed by atoms with Gasteiger partial charge in [0.25, 0.3) is 0 Å². The highest BCUT2D eigenvalue weighted by atomic mass is 32.2. The molecule has 1 amide bonds. The molecule has 1 fully saturated rings. The van der Waals surface area contributed by atoms with Crippen LogP contribution in [-0.4, -0.2) is 46.1 Å². The molecule has 0 bridgehead atoms. The first kappa shape index (κ1) is 22.8. The topological polar surface area (TPSA) is 64.2 Å². The highest BCUT2D eigenvalue weighted by molar-refractivity contribution is 8.00. The van der Waals surface area contributed by atoms with Gasteiger partial charge in [0, 0.05) is 12.5 Å². The van der Waals surface area contributed by atoms with Gasteiger partial charge in [-0.1, -0.05) is 68.3 Å². The van der Waals surface area contributed by atoms with E-state index < -0.39 is 0 Å². The number of rotatable bonds is 9. The van der Waals surface area contributed by atoms with E-state index in [1.54, 1.807) is 0 Å². The minimum absolute atomic E-state index is 0.105. The summed E-state index contributed by atoms with van der Waals surface area (Å²) in [4.78, 5) is 14.1. The number of carbonyl (C=O) groups excluding carboxylic acids is 1. The van der Waals surface area contributed by atoms with Crippen LogP contribution in [0.3, 0.4) is 0 Å². The van der Waals surface area contributed by atoms with E-state index >= 15 is 0 Å². The summed E-state index contributed by atoms with van der Waals surface area (Å²) < 4.78 is 2.20. The van der Waals surface area contributed by atoms with Crippen LogP contribution in [0.4, 0.5) is 0 Å². The second-order valence-corrected chi connectivity index (χ2v) is 9.86. The summed E-state index contributed by atoms with van der Waals surface area (Å²) >= 11 is 1.51. The number of nitrogens with zero attached hydrogens (tertiary/aromatic N) is 3. The molecular weight excluding hydrogens is 394 g/mol. The van der Waals surface area contributed by atoms with Crippen molar-refractivity contribution in [2.75, 3.05) is 14.1 Å². The Hall–Kier alpha value is -1.86. The molecule has 164 valence electrons. The van der Waals surface area contributed by atoms with Gasteiger partial charge in [0.05, 0.1) is 25.9 Å². The highest BCUT2D eigenvalue weighted by Crippen LogP contribution is 2.26. The Balaban J connectivity index is 1.78. The molecule has 0 unspecified atom stereocenters. The Bertz CT molecular complexity index is 801. The number of aromatic nitrogens is 3. The van der Waals surface area contributed by atoms with Crippen LogP contribution in [0.25, 0.3) is 0 Å². The van der Waals surface area contributed by atoms with Gasteiger partial charge in [-0.15, -0.1) is 10.2 Å². The third kappa shape index (κ3) is 5.85. The second-order valence-electron chi connectivity index (χ2n) is 8.55. The molecule has 2 atom stereocenters. The fourth-order valence-corrected chi connectivity index (χ4v) is 5.05. The Labute approximate surface area is 184 Å². The summed E-state index contributed by atoms with van der Waals surface area (Å²) in [5.41, 5.74) is 1.21. The lowest BCUT2D eigenvalue weighted by molar-refractivity contribution is -0.893. The first-order valence-electron chi connectivity index (χ1n) is 11.2. The largest absolute Gasteiger partial charge is 0.352 e. The molecule has 1 saturated carbocycles. The molecule has 1 aliphatic rings. The average Bonchev–Trinajstić information content (AvgIpc) is 3.11. The molecule has 6 nitrogen and oxygen atoms in total. The Morgan fingerprint density at radius 2 is 1.90 bits per heavy atom. The number of quaternary nitrogens is 1. The Kier molecular flexibility index (Phi) is 8.33. The third-order valence-corrected chi connectivity index (χ3v) is 7.03. The van der Waals surface area contributed by atoms with E-state index in [9.17, 15) is 4.79 Å². The van der Waals surface area contributed by atoms with Gasteiger partial charge in [0.1, 0.15) is 6.04 Å². The van der Waals surface area contributed by atoms with Crippen molar-refractivity contribution in [2.45, 2.75) is 81.4 Å². The first-order valence-corrected chi connectivity index (χ1v) is 12.1. The van der Waals surface area contributed by atoms with E-state index in [-0.39, 0.29) is 17.2 Å². The van der Waals surface area contributed by atoms with Crippen molar-refractivity contribution in [1.82, 2.24) is 20.1 Å². The molecule has 7 heteroatoms. The molecule has 1 heterocycles. The van der Waals surface area contributed by atoms with Crippen molar-refractivity contribution >= 4 is 17.7 Å². The van der Waals surface area contributed by atoms with Gasteiger partial charge in [-0.05, 0) is 25.3 Å². The molecule has 3 rings (SSSR count). The van der Waals surface area contributed by atoms with Crippen LogP contribution in [0.2, 0.25) is 0 Å². The quantitative estimate of drug-likeness (QED) is 0.601. The zero-order valence-corrected chi connectivity index (χ0v) is 19.5. The maximum Gasteiger partial charge on any atom is 0.233 e. The van der Waals surface area contributed by atoms with E-state index in [1.165, 1.54) is 41.5 Å². The second kappa shape index (κ2) is 11.0. The number of benzene rings is 1. The van der Waals surface area contributed by atoms with Gasteiger partial charge in [-0.25, -0.2) is 0 Å². The Morgan fingerprint density at radius 1 is 1.20 bits per heavy atom. The minimum atomic E-state index is -0.203. The van der Waals surface area contributed by atoms with Crippen LogP contribution in [0.15, 0.2) is 35.5 Å². The van der Waals surface area contributed by atoms with Gasteiger partial charge < -0.3 is 10.2 Å². The lowest BCUT2D eigenvalue weighted by Gasteiger charge is -2.24. The standard InChI is InChI=1S/C23H35N5OS/c1-5-20(27(3)4)21-25-26-23(28(21)16-18-12-8-6-9-13-18)30-17(2)22(29)24-19-14-10-7-11-15-19/h6,8-9,12-13,17,19-20H,5,7,10-11,14-16H2,1-4H3,(H,24,29)/p+1/t17-,20+/m1/s1. The minimum Gasteiger partial charge on any atom is -0.352 e. The predicted molar refractivity (Wildman–Crippen MR) is 122 cm³/mol. The summed E-state index contributed by atoms with van der Waals surface area (Å²) in [6, 6.07) is 11.0. The lowest BCUT2D eigenvalue weighted by Crippen LogP contribution is -3.06. The average molecular weight is 431 g/mol. The first-order chi connectivity index (χ1) is 14.5. The number of nitrogens with one attached hydrogen (secondary N) is 2. The van der Waals surface area contributed by atoms with Gasteiger partial charge in [0.15, 0.2) is 11.0 Å². The van der Waals surface area contributed by atoms with Crippen molar-refractivity contribution < 1.29 is 9.69 Å². The maximum atomic E-state index is 12.8. The number of carbonyl (C=O) groups is 1. The normalized spacial score (nSPS) is 17.1. The fraction of sp³-hybridized carbons (Fsp3) is 0.609. The summed E-state index contributed by atoms with van der Waals surface area (Å²) in [7, 11) is 4.31. The van der Waals surface area contributed by atoms with Crippen molar-refractivity contribution in [2.24, 2.45) is 0 Å². The number of hydrogen-bond acceptors (Lipinski definition) is 4. The van der Waals surface area contributed by atoms with Gasteiger partial charge in [-0.2, -0.15) is 0 Å². The molecule has 0 spiro atoms. The van der Waals surface area contributed by atoms with Crippen LogP contribution >= 0.6 is 11.8 Å². The molecule has 2 aromatic rings. The van der Waals surface area contributed by atoms with Crippen molar-refractivity contribution in [3.05, 3.63) is 41.7 Å². The van der Waals surface area contributed by atoms with E-state index in [1.807, 2.05) is 13.0 Å². The van der Waals surface area contributed by atoms with E-state index in [2.05, 4.69) is 65.4 Å². The Morgan fingerprint density at radius 3 is 2.53 bits per heavy atom. The van der Waals surface area contributed by atoms with E-state index in [0.717, 1.165) is 30.2 Å². The van der Waals surface area contributed by atoms with Crippen molar-refractivity contribution in [3.8, 4) is 0 Å². The summed E-state index contributed by atoms with van der Waals surface area (Å²) in [6.07, 6.45) is 6.90. The zero-order valence-electron chi connectivity index (χ0n) is 18.7. The molecule has 30 heavy (non-hydrogen) atoms. The highest BCUT2D eigenvalue weighted by Gasteiger charge is 2.27. The van der Waals surface area contributed by atoms with Crippen LogP contribution < -0.4 is 10.2 Å². The zero-order chi connectivity index (χ0) is 21.5. The molecule has 0 radical (unpaired) electrons. The van der Waals surface area contributed by atoms with E-state index in [0.29, 0.717) is 12.6 Å². The molecule has 1 aromatic carbocycles. The molecule has 1 aromatic heterocycles. The predicted octanol–water partition coefficient (Wildman–Crippen LogP) is 2.85. The van der Waals surface area contributed by atoms with E-state index in [4.69, 9.17) is 0 Å². The maximum absolute atomic E-state index is 12.8. The monoisotopic (exact) mass is 430 g/mol. The number of amides is 1. The van der Waals surface area contributed by atoms with Gasteiger partial charge >= 0.3 is 0 Å². The summed E-state index contributed by atoms with van der Waals surface area (Å²) in [5, 5.41) is 12.9. The molecule has 0 aliphatic heterocycles. The van der Waals surface area contributed by atoms with Crippen LogP contribution in [-0.2, 0) is 11.3 Å². The SMILES string of the molecule is CC[C@@H](c1nnc(S[C@H](C)C(=O)NC2CCCCC2)n1Cc1ccccc1)[NH+](C)C. The summed E-state index contributed by atoms with van der Waals surface area (Å²) in [6.45, 7) is 4.87. The van der Waals surface area contributed by atoms with Crippen molar-refractivity contribution in [3.63, 3.8) is 0 Å². The fourth-order valence-electron chi connectivity index (χ4n) is 4.19. The van der Waals surface area contributed by atoms with Crippen molar-refractivity contribution in [1.29, 1.82) is 0 Å². The van der Waals surface area contributed by atoms with Crippen LogP contribution in [0.5, 0.6) is 0 Å². The van der Waals surface area contributed by atoms with Gasteiger partial charge in [0.2, 0.25) is 5.91 Å².